The van der Waals surface area contributed by atoms with Crippen molar-refractivity contribution in [3.05, 3.63) is 24.5 Å². The first-order chi connectivity index (χ1) is 12.6. The van der Waals surface area contributed by atoms with Crippen molar-refractivity contribution in [2.24, 2.45) is 11.7 Å². The molecule has 1 aliphatic heterocycles. The molecule has 1 unspecified atom stereocenters. The highest BCUT2D eigenvalue weighted by atomic mass is 16.5. The lowest BCUT2D eigenvalue weighted by Gasteiger charge is -2.31. The fraction of sp³-hybridized carbons (Fsp3) is 0.438. The van der Waals surface area contributed by atoms with E-state index < -0.39 is 0 Å². The molecule has 0 saturated carbocycles. The van der Waals surface area contributed by atoms with Gasteiger partial charge in [-0.3, -0.25) is 14.5 Å². The van der Waals surface area contributed by atoms with E-state index in [-0.39, 0.29) is 24.3 Å². The van der Waals surface area contributed by atoms with Gasteiger partial charge in [0.05, 0.1) is 30.9 Å². The number of nitrogens with zero attached hydrogens (tertiary/aromatic N) is 5. The van der Waals surface area contributed by atoms with Crippen molar-refractivity contribution in [2.45, 2.75) is 12.8 Å². The third-order valence-corrected chi connectivity index (χ3v) is 4.31. The lowest BCUT2D eigenvalue weighted by atomic mass is 9.97. The summed E-state index contributed by atoms with van der Waals surface area (Å²) in [5.74, 6) is -0.179. The minimum Gasteiger partial charge on any atom is -0.494 e. The molecule has 0 aliphatic carbocycles. The minimum absolute atomic E-state index is 0.104. The number of nitrogens with one attached hydrogen (secondary N) is 1. The summed E-state index contributed by atoms with van der Waals surface area (Å²) in [4.78, 5) is 25.6. The fourth-order valence-corrected chi connectivity index (χ4v) is 3.07. The number of ether oxygens (including phenoxy) is 1. The number of carbonyl (C=O) groups is 2. The lowest BCUT2D eigenvalue weighted by molar-refractivity contribution is -0.124. The zero-order chi connectivity index (χ0) is 18.5. The Morgan fingerprint density at radius 2 is 2.27 bits per heavy atom. The van der Waals surface area contributed by atoms with Gasteiger partial charge in [-0.15, -0.1) is 5.10 Å². The van der Waals surface area contributed by atoms with Gasteiger partial charge in [0, 0.05) is 12.6 Å². The molecule has 1 saturated heterocycles. The number of hydrogen-bond acceptors (Lipinski definition) is 7. The van der Waals surface area contributed by atoms with Gasteiger partial charge in [0.15, 0.2) is 0 Å². The summed E-state index contributed by atoms with van der Waals surface area (Å²) in [7, 11) is 1.53. The SMILES string of the molecule is COc1cc(-n2cnnn2)ccc1NC(=O)C1CCCN(CC(N)=O)C1. The van der Waals surface area contributed by atoms with Crippen LogP contribution in [-0.2, 0) is 9.59 Å². The van der Waals surface area contributed by atoms with Crippen molar-refractivity contribution in [2.75, 3.05) is 32.1 Å². The monoisotopic (exact) mass is 359 g/mol. The molecular weight excluding hydrogens is 338 g/mol. The maximum Gasteiger partial charge on any atom is 0.231 e. The molecule has 0 spiro atoms. The second-order valence-corrected chi connectivity index (χ2v) is 6.17. The van der Waals surface area contributed by atoms with Crippen LogP contribution in [0.5, 0.6) is 5.75 Å². The van der Waals surface area contributed by atoms with E-state index in [1.54, 1.807) is 18.2 Å². The maximum absolute atomic E-state index is 12.6. The number of rotatable bonds is 6. The number of primary amides is 1. The molecule has 3 N–H and O–H groups in total. The van der Waals surface area contributed by atoms with Crippen LogP contribution in [0.25, 0.3) is 5.69 Å². The second-order valence-electron chi connectivity index (χ2n) is 6.17. The highest BCUT2D eigenvalue weighted by Crippen LogP contribution is 2.28. The third-order valence-electron chi connectivity index (χ3n) is 4.31. The number of tetrazole rings is 1. The van der Waals surface area contributed by atoms with Gasteiger partial charge < -0.3 is 15.8 Å². The first-order valence-corrected chi connectivity index (χ1v) is 8.29. The van der Waals surface area contributed by atoms with E-state index in [4.69, 9.17) is 10.5 Å². The fourth-order valence-electron chi connectivity index (χ4n) is 3.07. The number of anilines is 1. The number of nitrogens with two attached hydrogens (primary N) is 1. The van der Waals surface area contributed by atoms with E-state index in [1.165, 1.54) is 18.1 Å². The molecule has 1 aromatic carbocycles. The second kappa shape index (κ2) is 7.91. The first kappa shape index (κ1) is 17.8. The molecule has 1 aromatic heterocycles. The van der Waals surface area contributed by atoms with Gasteiger partial charge in [-0.2, -0.15) is 0 Å². The molecule has 138 valence electrons. The summed E-state index contributed by atoms with van der Waals surface area (Å²) in [6, 6.07) is 5.28. The Hall–Kier alpha value is -3.01. The Bertz CT molecular complexity index is 778. The number of likely N-dealkylation sites (tertiary alicyclic amines) is 1. The molecule has 0 bridgehead atoms. The number of methoxy groups -OCH3 is 1. The largest absolute Gasteiger partial charge is 0.494 e. The Labute approximate surface area is 150 Å². The zero-order valence-corrected chi connectivity index (χ0v) is 14.5. The van der Waals surface area contributed by atoms with Gasteiger partial charge in [0.25, 0.3) is 0 Å². The smallest absolute Gasteiger partial charge is 0.231 e. The van der Waals surface area contributed by atoms with Crippen LogP contribution in [0.3, 0.4) is 0 Å². The topological polar surface area (TPSA) is 128 Å². The normalized spacial score (nSPS) is 17.7. The Morgan fingerprint density at radius 3 is 2.96 bits per heavy atom. The lowest BCUT2D eigenvalue weighted by Crippen LogP contribution is -2.44. The number of hydrogen-bond donors (Lipinski definition) is 2. The average Bonchev–Trinajstić information content (AvgIpc) is 3.16. The molecule has 26 heavy (non-hydrogen) atoms. The molecule has 10 heteroatoms. The Kier molecular flexibility index (Phi) is 5.42. The summed E-state index contributed by atoms with van der Waals surface area (Å²) in [5.41, 5.74) is 6.54. The van der Waals surface area contributed by atoms with E-state index in [1.807, 2.05) is 4.90 Å². The maximum atomic E-state index is 12.6. The van der Waals surface area contributed by atoms with E-state index in [0.717, 1.165) is 25.1 Å². The van der Waals surface area contributed by atoms with Crippen LogP contribution in [0.4, 0.5) is 5.69 Å². The van der Waals surface area contributed by atoms with Crippen LogP contribution >= 0.6 is 0 Å². The molecule has 1 atom stereocenters. The summed E-state index contributed by atoms with van der Waals surface area (Å²) < 4.78 is 6.87. The van der Waals surface area contributed by atoms with Crippen LogP contribution in [0, 0.1) is 5.92 Å². The molecule has 3 rings (SSSR count). The zero-order valence-electron chi connectivity index (χ0n) is 14.5. The van der Waals surface area contributed by atoms with Crippen molar-refractivity contribution >= 4 is 17.5 Å². The number of piperidine rings is 1. The molecule has 1 fully saturated rings. The van der Waals surface area contributed by atoms with Crippen molar-refractivity contribution in [3.63, 3.8) is 0 Å². The molecule has 2 amide bonds. The van der Waals surface area contributed by atoms with Gasteiger partial charge in [0.1, 0.15) is 12.1 Å². The van der Waals surface area contributed by atoms with Gasteiger partial charge in [-0.1, -0.05) is 0 Å². The van der Waals surface area contributed by atoms with Crippen LogP contribution in [0.2, 0.25) is 0 Å². The Morgan fingerprint density at radius 1 is 1.42 bits per heavy atom. The number of amides is 2. The highest BCUT2D eigenvalue weighted by Gasteiger charge is 2.27. The molecule has 0 radical (unpaired) electrons. The summed E-state index contributed by atoms with van der Waals surface area (Å²) in [6.07, 6.45) is 3.09. The van der Waals surface area contributed by atoms with Gasteiger partial charge in [-0.25, -0.2) is 4.68 Å². The summed E-state index contributed by atoms with van der Waals surface area (Å²) in [6.45, 7) is 1.46. The van der Waals surface area contributed by atoms with E-state index in [9.17, 15) is 9.59 Å². The number of aromatic nitrogens is 4. The predicted octanol–water partition coefficient (Wildman–Crippen LogP) is -0.193. The molecule has 1 aliphatic rings. The van der Waals surface area contributed by atoms with E-state index in [0.29, 0.717) is 18.0 Å². The highest BCUT2D eigenvalue weighted by molar-refractivity contribution is 5.94. The van der Waals surface area contributed by atoms with Gasteiger partial charge in [0.2, 0.25) is 11.8 Å². The quantitative estimate of drug-likeness (QED) is 0.731. The molecule has 2 heterocycles. The Balaban J connectivity index is 1.69. The van der Waals surface area contributed by atoms with Crippen LogP contribution in [-0.4, -0.2) is 63.7 Å². The first-order valence-electron chi connectivity index (χ1n) is 8.29. The third kappa shape index (κ3) is 4.14. The molecule has 10 nitrogen and oxygen atoms in total. The standard InChI is InChI=1S/C16H21N7O3/c1-26-14-7-12(23-10-18-20-21-23)4-5-13(14)19-16(25)11-3-2-6-22(8-11)9-15(17)24/h4-5,7,10-11H,2-3,6,8-9H2,1H3,(H2,17,24)(H,19,25). The molecule has 2 aromatic rings. The van der Waals surface area contributed by atoms with Crippen molar-refractivity contribution in [3.8, 4) is 11.4 Å². The average molecular weight is 359 g/mol. The van der Waals surface area contributed by atoms with Crippen LogP contribution in [0.1, 0.15) is 12.8 Å². The number of carbonyl (C=O) groups excluding carboxylic acids is 2. The number of benzene rings is 1. The van der Waals surface area contributed by atoms with Gasteiger partial charge >= 0.3 is 0 Å². The van der Waals surface area contributed by atoms with Crippen molar-refractivity contribution in [1.29, 1.82) is 0 Å². The summed E-state index contributed by atoms with van der Waals surface area (Å²) >= 11 is 0. The van der Waals surface area contributed by atoms with Crippen LogP contribution in [0.15, 0.2) is 24.5 Å². The minimum atomic E-state index is -0.383. The summed E-state index contributed by atoms with van der Waals surface area (Å²) in [5, 5.41) is 13.9. The van der Waals surface area contributed by atoms with E-state index in [2.05, 4.69) is 20.8 Å². The van der Waals surface area contributed by atoms with Crippen molar-refractivity contribution < 1.29 is 14.3 Å². The molecular formula is C16H21N7O3. The van der Waals surface area contributed by atoms with Crippen LogP contribution < -0.4 is 15.8 Å². The van der Waals surface area contributed by atoms with E-state index >= 15 is 0 Å². The van der Waals surface area contributed by atoms with Crippen molar-refractivity contribution in [1.82, 2.24) is 25.1 Å². The predicted molar refractivity (Wildman–Crippen MR) is 92.7 cm³/mol. The van der Waals surface area contributed by atoms with Gasteiger partial charge in [-0.05, 0) is 41.9 Å².